The molecular formula is C14H22N2O. The third-order valence-corrected chi connectivity index (χ3v) is 4.02. The first-order chi connectivity index (χ1) is 8.33. The first-order valence-electron chi connectivity index (χ1n) is 6.86. The fourth-order valence-corrected chi connectivity index (χ4v) is 2.69. The zero-order valence-electron chi connectivity index (χ0n) is 10.3. The van der Waals surface area contributed by atoms with Crippen LogP contribution in [0.3, 0.4) is 0 Å². The van der Waals surface area contributed by atoms with Crippen LogP contribution in [0, 0.1) is 5.92 Å². The van der Waals surface area contributed by atoms with E-state index in [-0.39, 0.29) is 6.04 Å². The molecule has 3 heteroatoms. The van der Waals surface area contributed by atoms with Crippen LogP contribution < -0.4 is 5.73 Å². The quantitative estimate of drug-likeness (QED) is 0.850. The van der Waals surface area contributed by atoms with E-state index in [9.17, 15) is 0 Å². The number of hydrogen-bond acceptors (Lipinski definition) is 2. The Bertz CT molecular complexity index is 364. The molecule has 0 aromatic carbocycles. The Kier molecular flexibility index (Phi) is 3.21. The summed E-state index contributed by atoms with van der Waals surface area (Å²) >= 11 is 0. The lowest BCUT2D eigenvalue weighted by molar-refractivity contribution is 0.100. The number of hydrogen-bond donors (Lipinski definition) is 1. The number of aromatic nitrogens is 1. The molecule has 17 heavy (non-hydrogen) atoms. The molecule has 1 aliphatic carbocycles. The molecule has 2 heterocycles. The predicted molar refractivity (Wildman–Crippen MR) is 67.7 cm³/mol. The van der Waals surface area contributed by atoms with Crippen molar-refractivity contribution in [1.82, 2.24) is 4.57 Å². The molecule has 1 aliphatic heterocycles. The Hall–Kier alpha value is -0.800. The minimum absolute atomic E-state index is 0.263. The number of nitrogens with zero attached hydrogens (tertiary/aromatic N) is 1. The van der Waals surface area contributed by atoms with E-state index in [1.54, 1.807) is 0 Å². The van der Waals surface area contributed by atoms with Crippen LogP contribution in [0.5, 0.6) is 0 Å². The van der Waals surface area contributed by atoms with Gasteiger partial charge in [0.1, 0.15) is 0 Å². The second kappa shape index (κ2) is 4.83. The second-order valence-electron chi connectivity index (χ2n) is 5.47. The zero-order chi connectivity index (χ0) is 11.7. The molecule has 3 rings (SSSR count). The van der Waals surface area contributed by atoms with Gasteiger partial charge in [-0.25, -0.2) is 0 Å². The van der Waals surface area contributed by atoms with Crippen molar-refractivity contribution in [3.05, 3.63) is 24.0 Å². The van der Waals surface area contributed by atoms with Crippen molar-refractivity contribution in [1.29, 1.82) is 0 Å². The highest BCUT2D eigenvalue weighted by Crippen LogP contribution is 2.39. The van der Waals surface area contributed by atoms with Gasteiger partial charge < -0.3 is 15.0 Å². The normalized spacial score (nSPS) is 26.3. The monoisotopic (exact) mass is 234 g/mol. The van der Waals surface area contributed by atoms with Crippen molar-refractivity contribution in [2.45, 2.75) is 50.8 Å². The van der Waals surface area contributed by atoms with Crippen LogP contribution in [-0.2, 0) is 11.3 Å². The van der Waals surface area contributed by atoms with Crippen molar-refractivity contribution in [3.8, 4) is 0 Å². The molecule has 3 nitrogen and oxygen atoms in total. The summed E-state index contributed by atoms with van der Waals surface area (Å²) in [6, 6.07) is 2.44. The molecular weight excluding hydrogens is 212 g/mol. The van der Waals surface area contributed by atoms with Gasteiger partial charge in [-0.2, -0.15) is 0 Å². The smallest absolute Gasteiger partial charge is 0.0593 e. The summed E-state index contributed by atoms with van der Waals surface area (Å²) in [6.07, 6.45) is 11.1. The Morgan fingerprint density at radius 3 is 3.00 bits per heavy atom. The van der Waals surface area contributed by atoms with E-state index in [0.29, 0.717) is 6.10 Å². The molecule has 2 atom stereocenters. The maximum atomic E-state index is 6.19. The van der Waals surface area contributed by atoms with Crippen LogP contribution in [0.15, 0.2) is 18.5 Å². The molecule has 2 aliphatic rings. The lowest BCUT2D eigenvalue weighted by Gasteiger charge is -2.10. The van der Waals surface area contributed by atoms with Gasteiger partial charge in [-0.15, -0.1) is 0 Å². The standard InChI is InChI=1S/C14H22N2O/c15-14(11-3-4-11)12-5-7-16(10-12)8-6-13-2-1-9-17-13/h5,7,10-11,13-14H,1-4,6,8-9,15H2. The van der Waals surface area contributed by atoms with Gasteiger partial charge in [0.15, 0.2) is 0 Å². The zero-order valence-corrected chi connectivity index (χ0v) is 10.3. The highest BCUT2D eigenvalue weighted by atomic mass is 16.5. The van der Waals surface area contributed by atoms with Gasteiger partial charge in [0, 0.05) is 31.6 Å². The summed E-state index contributed by atoms with van der Waals surface area (Å²) in [5, 5.41) is 0. The third-order valence-electron chi connectivity index (χ3n) is 4.02. The highest BCUT2D eigenvalue weighted by molar-refractivity contribution is 5.17. The number of ether oxygens (including phenoxy) is 1. The van der Waals surface area contributed by atoms with E-state index in [4.69, 9.17) is 10.5 Å². The summed E-state index contributed by atoms with van der Waals surface area (Å²) in [5.74, 6) is 0.740. The Balaban J connectivity index is 1.52. The number of rotatable bonds is 5. The van der Waals surface area contributed by atoms with E-state index in [1.807, 2.05) is 0 Å². The van der Waals surface area contributed by atoms with Gasteiger partial charge in [0.25, 0.3) is 0 Å². The van der Waals surface area contributed by atoms with Gasteiger partial charge in [-0.3, -0.25) is 0 Å². The fourth-order valence-electron chi connectivity index (χ4n) is 2.69. The van der Waals surface area contributed by atoms with Crippen molar-refractivity contribution in [3.63, 3.8) is 0 Å². The summed E-state index contributed by atoms with van der Waals surface area (Å²) in [6.45, 7) is 2.01. The van der Waals surface area contributed by atoms with Crippen LogP contribution >= 0.6 is 0 Å². The summed E-state index contributed by atoms with van der Waals surface area (Å²) in [4.78, 5) is 0. The van der Waals surface area contributed by atoms with Crippen molar-refractivity contribution < 1.29 is 4.74 Å². The Morgan fingerprint density at radius 2 is 2.29 bits per heavy atom. The number of nitrogens with two attached hydrogens (primary N) is 1. The predicted octanol–water partition coefficient (Wildman–Crippen LogP) is 2.47. The molecule has 0 bridgehead atoms. The molecule has 0 spiro atoms. The first-order valence-corrected chi connectivity index (χ1v) is 6.86. The molecule has 2 fully saturated rings. The van der Waals surface area contributed by atoms with Gasteiger partial charge in [0.05, 0.1) is 6.10 Å². The van der Waals surface area contributed by atoms with Crippen LogP contribution in [0.4, 0.5) is 0 Å². The molecule has 0 radical (unpaired) electrons. The second-order valence-corrected chi connectivity index (χ2v) is 5.47. The maximum absolute atomic E-state index is 6.19. The van der Waals surface area contributed by atoms with Crippen LogP contribution in [0.2, 0.25) is 0 Å². The van der Waals surface area contributed by atoms with Gasteiger partial charge >= 0.3 is 0 Å². The topological polar surface area (TPSA) is 40.2 Å². The van der Waals surface area contributed by atoms with Crippen molar-refractivity contribution in [2.75, 3.05) is 6.61 Å². The van der Waals surface area contributed by atoms with Gasteiger partial charge in [-0.1, -0.05) is 0 Å². The fraction of sp³-hybridized carbons (Fsp3) is 0.714. The van der Waals surface area contributed by atoms with Crippen LogP contribution in [0.1, 0.15) is 43.7 Å². The molecule has 1 saturated carbocycles. The molecule has 2 unspecified atom stereocenters. The number of aryl methyl sites for hydroxylation is 1. The maximum Gasteiger partial charge on any atom is 0.0593 e. The Morgan fingerprint density at radius 1 is 1.41 bits per heavy atom. The molecule has 94 valence electrons. The van der Waals surface area contributed by atoms with Crippen LogP contribution in [0.25, 0.3) is 0 Å². The molecule has 1 aromatic rings. The molecule has 1 aromatic heterocycles. The average molecular weight is 234 g/mol. The summed E-state index contributed by atoms with van der Waals surface area (Å²) in [7, 11) is 0. The molecule has 2 N–H and O–H groups in total. The lowest BCUT2D eigenvalue weighted by atomic mass is 10.1. The average Bonchev–Trinajstić information content (AvgIpc) is 2.88. The first kappa shape index (κ1) is 11.3. The van der Waals surface area contributed by atoms with Crippen LogP contribution in [-0.4, -0.2) is 17.3 Å². The summed E-state index contributed by atoms with van der Waals surface area (Å²) < 4.78 is 7.90. The Labute approximate surface area is 103 Å². The summed E-state index contributed by atoms with van der Waals surface area (Å²) in [5.41, 5.74) is 7.50. The van der Waals surface area contributed by atoms with E-state index in [1.165, 1.54) is 31.2 Å². The molecule has 1 saturated heterocycles. The largest absolute Gasteiger partial charge is 0.378 e. The minimum atomic E-state index is 0.263. The van der Waals surface area contributed by atoms with Crippen molar-refractivity contribution >= 4 is 0 Å². The SMILES string of the molecule is NC(c1ccn(CCC2CCCO2)c1)C1CC1. The third kappa shape index (κ3) is 2.72. The van der Waals surface area contributed by atoms with Gasteiger partial charge in [-0.05, 0) is 49.7 Å². The van der Waals surface area contributed by atoms with E-state index in [0.717, 1.165) is 25.5 Å². The van der Waals surface area contributed by atoms with E-state index < -0.39 is 0 Å². The minimum Gasteiger partial charge on any atom is -0.378 e. The van der Waals surface area contributed by atoms with E-state index in [2.05, 4.69) is 23.0 Å². The van der Waals surface area contributed by atoms with E-state index >= 15 is 0 Å². The van der Waals surface area contributed by atoms with Crippen molar-refractivity contribution in [2.24, 2.45) is 11.7 Å². The highest BCUT2D eigenvalue weighted by Gasteiger charge is 2.29. The van der Waals surface area contributed by atoms with Gasteiger partial charge in [0.2, 0.25) is 0 Å². The lowest BCUT2D eigenvalue weighted by Crippen LogP contribution is -2.12. The molecule has 0 amide bonds.